The normalized spacial score (nSPS) is 11.9. The van der Waals surface area contributed by atoms with Crippen molar-refractivity contribution < 1.29 is 8.83 Å². The maximum absolute atomic E-state index is 6.81. The van der Waals surface area contributed by atoms with Crippen LogP contribution in [0.1, 0.15) is 0 Å². The number of benzene rings is 9. The van der Waals surface area contributed by atoms with Crippen molar-refractivity contribution in [3.63, 3.8) is 0 Å². The number of furan rings is 1. The lowest BCUT2D eigenvalue weighted by molar-refractivity contribution is 0.620. The summed E-state index contributed by atoms with van der Waals surface area (Å²) in [7, 11) is 0. The predicted molar refractivity (Wildman–Crippen MR) is 211 cm³/mol. The summed E-state index contributed by atoms with van der Waals surface area (Å²) in [6.45, 7) is 0. The van der Waals surface area contributed by atoms with Crippen LogP contribution in [0.25, 0.3) is 87.6 Å². The molecule has 11 aromatic rings. The Hall–Kier alpha value is -6.91. The minimum atomic E-state index is 0.578. The van der Waals surface area contributed by atoms with Gasteiger partial charge in [-0.1, -0.05) is 121 Å². The van der Waals surface area contributed by atoms with Crippen LogP contribution in [0.4, 0.5) is 17.1 Å². The Morgan fingerprint density at radius 2 is 1.08 bits per heavy atom. The lowest BCUT2D eigenvalue weighted by atomic mass is 9.96. The smallest absolute Gasteiger partial charge is 0.228 e. The summed E-state index contributed by atoms with van der Waals surface area (Å²) < 4.78 is 13.3. The van der Waals surface area contributed by atoms with Gasteiger partial charge < -0.3 is 13.7 Å². The molecule has 0 aliphatic rings. The van der Waals surface area contributed by atoms with Crippen LogP contribution in [-0.2, 0) is 0 Å². The topological polar surface area (TPSA) is 42.4 Å². The van der Waals surface area contributed by atoms with Gasteiger partial charge >= 0.3 is 0 Å². The first-order valence-electron chi connectivity index (χ1n) is 17.2. The Bertz CT molecular complexity index is 3160. The standard InChI is InChI=1S/C47H28N2O2/c1-2-12-32(13-3-1)49(33-24-20-31-22-25-36-34-14-6-4-10-29(34)21-26-37(36)40(31)28-33)41-18-8-16-38-44-39(17-9-19-42(44)50-46(38)41)47-48-45-35-15-7-5-11-30(35)23-27-43(45)51-47/h1-28H. The van der Waals surface area contributed by atoms with Gasteiger partial charge in [-0.25, -0.2) is 4.98 Å². The highest BCUT2D eigenvalue weighted by Crippen LogP contribution is 2.45. The molecule has 0 saturated heterocycles. The molecule has 0 N–H and O–H groups in total. The first-order chi connectivity index (χ1) is 25.3. The highest BCUT2D eigenvalue weighted by Gasteiger charge is 2.23. The van der Waals surface area contributed by atoms with Gasteiger partial charge in [0.1, 0.15) is 11.1 Å². The Morgan fingerprint density at radius 3 is 1.94 bits per heavy atom. The monoisotopic (exact) mass is 652 g/mol. The minimum Gasteiger partial charge on any atom is -0.454 e. The van der Waals surface area contributed by atoms with E-state index in [2.05, 4.69) is 144 Å². The molecule has 4 nitrogen and oxygen atoms in total. The van der Waals surface area contributed by atoms with Crippen molar-refractivity contribution in [3.05, 3.63) is 170 Å². The van der Waals surface area contributed by atoms with E-state index in [-0.39, 0.29) is 0 Å². The number of rotatable bonds is 4. The van der Waals surface area contributed by atoms with Crippen molar-refractivity contribution in [2.75, 3.05) is 4.90 Å². The molecular weight excluding hydrogens is 625 g/mol. The van der Waals surface area contributed by atoms with E-state index in [9.17, 15) is 0 Å². The molecule has 0 aliphatic heterocycles. The van der Waals surface area contributed by atoms with Gasteiger partial charge in [-0.3, -0.25) is 0 Å². The number of nitrogens with zero attached hydrogens (tertiary/aromatic N) is 2. The average Bonchev–Trinajstić information content (AvgIpc) is 3.81. The third kappa shape index (κ3) is 4.23. The number of hydrogen-bond donors (Lipinski definition) is 0. The third-order valence-electron chi connectivity index (χ3n) is 10.3. The SMILES string of the molecule is c1ccc(N(c2ccc3ccc4c5ccccc5ccc4c3c2)c2cccc3c2oc2cccc(-c4nc5c(ccc6ccccc65)o4)c23)cc1. The molecular formula is C47H28N2O2. The summed E-state index contributed by atoms with van der Waals surface area (Å²) in [5.74, 6) is 0.578. The van der Waals surface area contributed by atoms with Gasteiger partial charge in [0.25, 0.3) is 0 Å². The fourth-order valence-electron chi connectivity index (χ4n) is 7.91. The zero-order valence-electron chi connectivity index (χ0n) is 27.4. The van der Waals surface area contributed by atoms with Crippen LogP contribution in [0.3, 0.4) is 0 Å². The van der Waals surface area contributed by atoms with Crippen LogP contribution in [0, 0.1) is 0 Å². The summed E-state index contributed by atoms with van der Waals surface area (Å²) in [6.07, 6.45) is 0. The molecule has 0 spiro atoms. The molecule has 11 rings (SSSR count). The maximum Gasteiger partial charge on any atom is 0.228 e. The van der Waals surface area contributed by atoms with Gasteiger partial charge in [-0.15, -0.1) is 0 Å². The summed E-state index contributed by atoms with van der Waals surface area (Å²) in [6, 6.07) is 59.7. The molecule has 4 heteroatoms. The van der Waals surface area contributed by atoms with E-state index in [1.807, 2.05) is 30.3 Å². The molecule has 0 unspecified atom stereocenters. The second-order valence-corrected chi connectivity index (χ2v) is 13.1. The van der Waals surface area contributed by atoms with E-state index in [0.717, 1.165) is 66.4 Å². The number of fused-ring (bicyclic) bond motifs is 11. The van der Waals surface area contributed by atoms with E-state index < -0.39 is 0 Å². The van der Waals surface area contributed by atoms with Crippen molar-refractivity contribution in [1.29, 1.82) is 0 Å². The van der Waals surface area contributed by atoms with Crippen molar-refractivity contribution >= 4 is 93.2 Å². The Labute approximate surface area is 292 Å². The van der Waals surface area contributed by atoms with Gasteiger partial charge in [-0.2, -0.15) is 0 Å². The first kappa shape index (κ1) is 28.0. The van der Waals surface area contributed by atoms with Crippen LogP contribution in [0.15, 0.2) is 179 Å². The Morgan fingerprint density at radius 1 is 0.412 bits per heavy atom. The molecule has 9 aromatic carbocycles. The highest BCUT2D eigenvalue weighted by atomic mass is 16.3. The van der Waals surface area contributed by atoms with Crippen molar-refractivity contribution in [1.82, 2.24) is 4.98 Å². The fraction of sp³-hybridized carbons (Fsp3) is 0. The van der Waals surface area contributed by atoms with Gasteiger partial charge in [0.2, 0.25) is 5.89 Å². The Kier molecular flexibility index (Phi) is 5.92. The van der Waals surface area contributed by atoms with E-state index in [1.54, 1.807) is 0 Å². The van der Waals surface area contributed by atoms with Crippen LogP contribution >= 0.6 is 0 Å². The predicted octanol–water partition coefficient (Wildman–Crippen LogP) is 13.5. The van der Waals surface area contributed by atoms with E-state index in [4.69, 9.17) is 13.8 Å². The zero-order valence-corrected chi connectivity index (χ0v) is 27.4. The molecule has 0 amide bonds. The number of para-hydroxylation sites is 2. The molecule has 0 atom stereocenters. The van der Waals surface area contributed by atoms with Crippen molar-refractivity contribution in [2.45, 2.75) is 0 Å². The molecule has 0 saturated carbocycles. The average molecular weight is 653 g/mol. The van der Waals surface area contributed by atoms with E-state index >= 15 is 0 Å². The van der Waals surface area contributed by atoms with Gasteiger partial charge in [0.15, 0.2) is 11.2 Å². The molecule has 0 fully saturated rings. The zero-order chi connectivity index (χ0) is 33.5. The fourth-order valence-corrected chi connectivity index (χ4v) is 7.91. The quantitative estimate of drug-likeness (QED) is 0.177. The lowest BCUT2D eigenvalue weighted by Crippen LogP contribution is -2.10. The molecule has 238 valence electrons. The van der Waals surface area contributed by atoms with Gasteiger partial charge in [0, 0.05) is 33.1 Å². The largest absolute Gasteiger partial charge is 0.454 e. The summed E-state index contributed by atoms with van der Waals surface area (Å²) in [5.41, 5.74) is 7.16. The number of aromatic nitrogens is 1. The van der Waals surface area contributed by atoms with Crippen LogP contribution in [0.2, 0.25) is 0 Å². The van der Waals surface area contributed by atoms with Gasteiger partial charge in [0.05, 0.1) is 5.69 Å². The minimum absolute atomic E-state index is 0.578. The van der Waals surface area contributed by atoms with Crippen molar-refractivity contribution in [2.24, 2.45) is 0 Å². The molecule has 0 aliphatic carbocycles. The molecule has 2 heterocycles. The van der Waals surface area contributed by atoms with E-state index in [1.165, 1.54) is 32.3 Å². The molecule has 0 bridgehead atoms. The molecule has 2 aromatic heterocycles. The molecule has 51 heavy (non-hydrogen) atoms. The lowest BCUT2D eigenvalue weighted by Gasteiger charge is -2.26. The number of hydrogen-bond acceptors (Lipinski definition) is 4. The summed E-state index contributed by atoms with van der Waals surface area (Å²) in [4.78, 5) is 7.36. The number of anilines is 3. The van der Waals surface area contributed by atoms with Crippen molar-refractivity contribution in [3.8, 4) is 11.5 Å². The second-order valence-electron chi connectivity index (χ2n) is 13.1. The van der Waals surface area contributed by atoms with Crippen LogP contribution in [-0.4, -0.2) is 4.98 Å². The number of oxazole rings is 1. The third-order valence-corrected chi connectivity index (χ3v) is 10.3. The molecule has 0 radical (unpaired) electrons. The van der Waals surface area contributed by atoms with Gasteiger partial charge in [-0.05, 0) is 86.2 Å². The second kappa shape index (κ2) is 10.8. The van der Waals surface area contributed by atoms with Crippen LogP contribution in [0.5, 0.6) is 0 Å². The Balaban J connectivity index is 1.14. The summed E-state index contributed by atoms with van der Waals surface area (Å²) >= 11 is 0. The highest BCUT2D eigenvalue weighted by molar-refractivity contribution is 6.19. The first-order valence-corrected chi connectivity index (χ1v) is 17.2. The maximum atomic E-state index is 6.81. The van der Waals surface area contributed by atoms with Crippen LogP contribution < -0.4 is 4.90 Å². The summed E-state index contributed by atoms with van der Waals surface area (Å²) in [5, 5.41) is 11.6. The van der Waals surface area contributed by atoms with E-state index in [0.29, 0.717) is 5.89 Å².